The molecule has 21 heavy (non-hydrogen) atoms. The van der Waals surface area contributed by atoms with Gasteiger partial charge in [0.15, 0.2) is 0 Å². The zero-order chi connectivity index (χ0) is 16.3. The average Bonchev–Trinajstić information content (AvgIpc) is 2.62. The summed E-state index contributed by atoms with van der Waals surface area (Å²) in [6, 6.07) is 2.00. The van der Waals surface area contributed by atoms with Gasteiger partial charge in [0.05, 0.1) is 0 Å². The highest BCUT2D eigenvalue weighted by Gasteiger charge is 2.21. The maximum Gasteiger partial charge on any atom is 0.407 e. The number of amides is 1. The molecule has 0 atom stereocenters. The Kier molecular flexibility index (Phi) is 6.53. The van der Waals surface area contributed by atoms with Crippen molar-refractivity contribution >= 4 is 45.0 Å². The Hall–Kier alpha value is -0.300. The maximum absolute atomic E-state index is 11.6. The SMILES string of the molecule is CC(C)(CNC(=O)OC(C)(C)C)NCc1cc(Br)c(Cl)s1. The van der Waals surface area contributed by atoms with Crippen LogP contribution in [0.3, 0.4) is 0 Å². The van der Waals surface area contributed by atoms with Crippen molar-refractivity contribution < 1.29 is 9.53 Å². The van der Waals surface area contributed by atoms with Gasteiger partial charge in [-0.15, -0.1) is 11.3 Å². The highest BCUT2D eigenvalue weighted by atomic mass is 79.9. The van der Waals surface area contributed by atoms with Crippen LogP contribution in [0.1, 0.15) is 39.5 Å². The van der Waals surface area contributed by atoms with Gasteiger partial charge in [0, 0.05) is 28.0 Å². The number of nitrogens with one attached hydrogen (secondary N) is 2. The summed E-state index contributed by atoms with van der Waals surface area (Å²) >= 11 is 10.9. The first-order chi connectivity index (χ1) is 9.48. The Morgan fingerprint density at radius 3 is 2.48 bits per heavy atom. The first-order valence-electron chi connectivity index (χ1n) is 6.64. The minimum Gasteiger partial charge on any atom is -0.444 e. The number of ether oxygens (including phenoxy) is 1. The van der Waals surface area contributed by atoms with Gasteiger partial charge in [0.2, 0.25) is 0 Å². The zero-order valence-corrected chi connectivity index (χ0v) is 16.1. The standard InChI is InChI=1S/C14H22BrClN2O2S/c1-13(2,3)20-12(19)17-8-14(4,5)18-7-9-6-10(15)11(16)21-9/h6,18H,7-8H2,1-5H3,(H,17,19). The molecule has 0 aliphatic carbocycles. The minimum atomic E-state index is -0.484. The van der Waals surface area contributed by atoms with E-state index >= 15 is 0 Å². The molecule has 2 N–H and O–H groups in total. The van der Waals surface area contributed by atoms with Gasteiger partial charge in [-0.3, -0.25) is 0 Å². The summed E-state index contributed by atoms with van der Waals surface area (Å²) in [7, 11) is 0. The molecule has 0 saturated heterocycles. The molecule has 0 fully saturated rings. The quantitative estimate of drug-likeness (QED) is 0.766. The lowest BCUT2D eigenvalue weighted by Gasteiger charge is -2.27. The predicted molar refractivity (Wildman–Crippen MR) is 92.2 cm³/mol. The highest BCUT2D eigenvalue weighted by molar-refractivity contribution is 9.10. The van der Waals surface area contributed by atoms with Crippen LogP contribution < -0.4 is 10.6 Å². The molecule has 1 aromatic rings. The molecule has 1 heterocycles. The van der Waals surface area contributed by atoms with Crippen molar-refractivity contribution in [3.8, 4) is 0 Å². The highest BCUT2D eigenvalue weighted by Crippen LogP contribution is 2.32. The molecule has 0 aliphatic rings. The summed E-state index contributed by atoms with van der Waals surface area (Å²) < 4.78 is 6.87. The summed E-state index contributed by atoms with van der Waals surface area (Å²) in [6.45, 7) is 10.7. The number of hydrogen-bond donors (Lipinski definition) is 2. The van der Waals surface area contributed by atoms with Crippen molar-refractivity contribution in [2.24, 2.45) is 0 Å². The topological polar surface area (TPSA) is 50.4 Å². The van der Waals surface area contributed by atoms with Crippen molar-refractivity contribution in [1.29, 1.82) is 0 Å². The molecule has 0 aromatic carbocycles. The second-order valence-electron chi connectivity index (χ2n) is 6.43. The Labute approximate surface area is 143 Å². The molecular formula is C14H22BrClN2O2S. The van der Waals surface area contributed by atoms with Gasteiger partial charge in [0.1, 0.15) is 9.94 Å². The summed E-state index contributed by atoms with van der Waals surface area (Å²) in [5, 5.41) is 6.17. The molecule has 0 aliphatic heterocycles. The van der Waals surface area contributed by atoms with E-state index in [4.69, 9.17) is 16.3 Å². The van der Waals surface area contributed by atoms with E-state index < -0.39 is 11.7 Å². The molecule has 0 bridgehead atoms. The Bertz CT molecular complexity index is 478. The van der Waals surface area contributed by atoms with Crippen molar-refractivity contribution in [1.82, 2.24) is 10.6 Å². The molecule has 0 spiro atoms. The monoisotopic (exact) mass is 396 g/mol. The van der Waals surface area contributed by atoms with Gasteiger partial charge < -0.3 is 15.4 Å². The van der Waals surface area contributed by atoms with E-state index in [9.17, 15) is 4.79 Å². The summed E-state index contributed by atoms with van der Waals surface area (Å²) in [5.41, 5.74) is -0.735. The van der Waals surface area contributed by atoms with Gasteiger partial charge in [-0.2, -0.15) is 0 Å². The van der Waals surface area contributed by atoms with Crippen LogP contribution in [0.25, 0.3) is 0 Å². The minimum absolute atomic E-state index is 0.250. The van der Waals surface area contributed by atoms with Crippen LogP contribution in [-0.2, 0) is 11.3 Å². The van der Waals surface area contributed by atoms with E-state index in [1.165, 1.54) is 11.3 Å². The van der Waals surface area contributed by atoms with Gasteiger partial charge in [-0.05, 0) is 56.6 Å². The Morgan fingerprint density at radius 2 is 2.00 bits per heavy atom. The second-order valence-corrected chi connectivity index (χ2v) is 9.02. The lowest BCUT2D eigenvalue weighted by molar-refractivity contribution is 0.0513. The van der Waals surface area contributed by atoms with Crippen LogP contribution in [0.4, 0.5) is 4.79 Å². The molecular weight excluding hydrogens is 376 g/mol. The van der Waals surface area contributed by atoms with Gasteiger partial charge in [0.25, 0.3) is 0 Å². The second kappa shape index (κ2) is 7.31. The fourth-order valence-corrected chi connectivity index (χ4v) is 3.20. The van der Waals surface area contributed by atoms with Crippen LogP contribution in [0.2, 0.25) is 4.34 Å². The number of rotatable bonds is 5. The van der Waals surface area contributed by atoms with E-state index in [1.807, 2.05) is 40.7 Å². The molecule has 1 amide bonds. The molecule has 4 nitrogen and oxygen atoms in total. The third-order valence-electron chi connectivity index (χ3n) is 2.51. The van der Waals surface area contributed by atoms with Crippen LogP contribution in [0.15, 0.2) is 10.5 Å². The van der Waals surface area contributed by atoms with Crippen LogP contribution in [-0.4, -0.2) is 23.8 Å². The maximum atomic E-state index is 11.6. The number of thiophene rings is 1. The van der Waals surface area contributed by atoms with Gasteiger partial charge in [-0.25, -0.2) is 4.79 Å². The third kappa shape index (κ3) is 7.49. The number of alkyl carbamates (subject to hydrolysis) is 1. The van der Waals surface area contributed by atoms with Crippen LogP contribution in [0, 0.1) is 0 Å². The number of carbonyl (C=O) groups excluding carboxylic acids is 1. The largest absolute Gasteiger partial charge is 0.444 e. The van der Waals surface area contributed by atoms with Crippen LogP contribution >= 0.6 is 38.9 Å². The van der Waals surface area contributed by atoms with E-state index in [1.54, 1.807) is 0 Å². The van der Waals surface area contributed by atoms with Gasteiger partial charge in [-0.1, -0.05) is 11.6 Å². The fraction of sp³-hybridized carbons (Fsp3) is 0.643. The molecule has 0 radical (unpaired) electrons. The number of halogens is 2. The lowest BCUT2D eigenvalue weighted by atomic mass is 10.1. The summed E-state index contributed by atoms with van der Waals surface area (Å²) in [6.07, 6.45) is -0.403. The normalized spacial score (nSPS) is 12.3. The average molecular weight is 398 g/mol. The fourth-order valence-electron chi connectivity index (χ4n) is 1.47. The van der Waals surface area contributed by atoms with E-state index in [0.717, 1.165) is 13.7 Å². The smallest absolute Gasteiger partial charge is 0.407 e. The molecule has 7 heteroatoms. The molecule has 1 aromatic heterocycles. The summed E-state index contributed by atoms with van der Waals surface area (Å²) in [5.74, 6) is 0. The van der Waals surface area contributed by atoms with Crippen molar-refractivity contribution in [2.75, 3.05) is 6.54 Å². The first kappa shape index (κ1) is 18.7. The van der Waals surface area contributed by atoms with Crippen molar-refractivity contribution in [3.05, 3.63) is 19.8 Å². The molecule has 0 unspecified atom stereocenters. The summed E-state index contributed by atoms with van der Waals surface area (Å²) in [4.78, 5) is 12.8. The molecule has 1 rings (SSSR count). The van der Waals surface area contributed by atoms with E-state index in [2.05, 4.69) is 26.6 Å². The van der Waals surface area contributed by atoms with Crippen molar-refractivity contribution in [3.63, 3.8) is 0 Å². The number of hydrogen-bond acceptors (Lipinski definition) is 4. The Balaban J connectivity index is 2.41. The third-order valence-corrected chi connectivity index (χ3v) is 4.99. The molecule has 0 saturated carbocycles. The van der Waals surface area contributed by atoms with Crippen molar-refractivity contribution in [2.45, 2.75) is 52.3 Å². The van der Waals surface area contributed by atoms with E-state index in [0.29, 0.717) is 13.1 Å². The van der Waals surface area contributed by atoms with Gasteiger partial charge >= 0.3 is 6.09 Å². The number of carbonyl (C=O) groups is 1. The zero-order valence-electron chi connectivity index (χ0n) is 13.0. The van der Waals surface area contributed by atoms with Crippen LogP contribution in [0.5, 0.6) is 0 Å². The Morgan fingerprint density at radius 1 is 1.38 bits per heavy atom. The predicted octanol–water partition coefficient (Wildman–Crippen LogP) is 4.56. The molecule has 120 valence electrons. The van der Waals surface area contributed by atoms with E-state index in [-0.39, 0.29) is 5.54 Å². The lowest BCUT2D eigenvalue weighted by Crippen LogP contribution is -2.49. The first-order valence-corrected chi connectivity index (χ1v) is 8.63.